The van der Waals surface area contributed by atoms with Gasteiger partial charge in [0.05, 0.1) is 7.11 Å². The Morgan fingerprint density at radius 3 is 1.71 bits per heavy atom. The number of nitrogens with zero attached hydrogens (tertiary/aromatic N) is 1. The molecule has 0 aliphatic rings. The van der Waals surface area contributed by atoms with Gasteiger partial charge >= 0.3 is 0 Å². The van der Waals surface area contributed by atoms with Crippen LogP contribution in [0.4, 0.5) is 11.4 Å². The van der Waals surface area contributed by atoms with Crippen molar-refractivity contribution in [3.05, 3.63) is 103 Å². The normalized spacial score (nSPS) is 10.5. The largest absolute Gasteiger partial charge is 0.496 e. The molecular formula is C26H23NO. The summed E-state index contributed by atoms with van der Waals surface area (Å²) in [7, 11) is 3.81. The van der Waals surface area contributed by atoms with Gasteiger partial charge in [-0.25, -0.2) is 0 Å². The second-order valence-electron chi connectivity index (χ2n) is 6.72. The zero-order chi connectivity index (χ0) is 19.3. The average Bonchev–Trinajstić information content (AvgIpc) is 2.79. The molecule has 0 aliphatic carbocycles. The van der Waals surface area contributed by atoms with E-state index >= 15 is 0 Å². The van der Waals surface area contributed by atoms with Crippen LogP contribution < -0.4 is 9.64 Å². The van der Waals surface area contributed by atoms with Crippen molar-refractivity contribution in [2.45, 2.75) is 0 Å². The Morgan fingerprint density at radius 1 is 0.571 bits per heavy atom. The summed E-state index contributed by atoms with van der Waals surface area (Å²) < 4.78 is 5.59. The highest BCUT2D eigenvalue weighted by Crippen LogP contribution is 2.35. The van der Waals surface area contributed by atoms with Gasteiger partial charge in [0.25, 0.3) is 0 Å². The van der Waals surface area contributed by atoms with Crippen LogP contribution >= 0.6 is 0 Å². The molecule has 4 rings (SSSR count). The first-order valence-electron chi connectivity index (χ1n) is 9.39. The van der Waals surface area contributed by atoms with E-state index in [0.717, 1.165) is 28.3 Å². The van der Waals surface area contributed by atoms with Gasteiger partial charge in [-0.3, -0.25) is 0 Å². The molecule has 0 fully saturated rings. The fraction of sp³-hybridized carbons (Fsp3) is 0.0769. The number of hydrogen-bond acceptors (Lipinski definition) is 2. The summed E-state index contributed by atoms with van der Waals surface area (Å²) >= 11 is 0. The van der Waals surface area contributed by atoms with E-state index in [9.17, 15) is 0 Å². The summed E-state index contributed by atoms with van der Waals surface area (Å²) in [5.41, 5.74) is 6.95. The molecule has 138 valence electrons. The molecule has 0 amide bonds. The number of methoxy groups -OCH3 is 1. The minimum Gasteiger partial charge on any atom is -0.496 e. The van der Waals surface area contributed by atoms with Crippen LogP contribution in [0, 0.1) is 0 Å². The first-order chi connectivity index (χ1) is 13.8. The van der Waals surface area contributed by atoms with Crippen LogP contribution in [0.2, 0.25) is 0 Å². The van der Waals surface area contributed by atoms with Crippen molar-refractivity contribution in [3.8, 4) is 28.0 Å². The molecule has 0 unspecified atom stereocenters. The number of anilines is 2. The molecule has 4 aromatic rings. The standard InChI is InChI=1S/C26H23NO/c1-27(23-15-13-21(14-16-23)20-9-5-3-6-10-20)24-17-18-26(28-2)25(19-24)22-11-7-4-8-12-22/h3-19H,1-2H3. The Morgan fingerprint density at radius 2 is 1.11 bits per heavy atom. The monoisotopic (exact) mass is 365 g/mol. The highest BCUT2D eigenvalue weighted by atomic mass is 16.5. The van der Waals surface area contributed by atoms with Crippen LogP contribution in [0.15, 0.2) is 103 Å². The van der Waals surface area contributed by atoms with Crippen molar-refractivity contribution in [1.82, 2.24) is 0 Å². The van der Waals surface area contributed by atoms with Gasteiger partial charge in [-0.1, -0.05) is 72.8 Å². The lowest BCUT2D eigenvalue weighted by Crippen LogP contribution is -2.09. The third kappa shape index (κ3) is 3.63. The predicted molar refractivity (Wildman–Crippen MR) is 118 cm³/mol. The van der Waals surface area contributed by atoms with Gasteiger partial charge < -0.3 is 9.64 Å². The molecule has 0 spiro atoms. The van der Waals surface area contributed by atoms with E-state index < -0.39 is 0 Å². The van der Waals surface area contributed by atoms with Crippen LogP contribution in [-0.4, -0.2) is 14.2 Å². The smallest absolute Gasteiger partial charge is 0.126 e. The highest BCUT2D eigenvalue weighted by molar-refractivity contribution is 5.77. The topological polar surface area (TPSA) is 12.5 Å². The molecule has 0 atom stereocenters. The molecule has 0 aromatic heterocycles. The maximum atomic E-state index is 5.59. The summed E-state index contributed by atoms with van der Waals surface area (Å²) in [5, 5.41) is 0. The van der Waals surface area contributed by atoms with Crippen molar-refractivity contribution in [1.29, 1.82) is 0 Å². The predicted octanol–water partition coefficient (Wildman–Crippen LogP) is 6.80. The van der Waals surface area contributed by atoms with E-state index in [1.54, 1.807) is 7.11 Å². The second kappa shape index (κ2) is 8.01. The molecule has 2 nitrogen and oxygen atoms in total. The lowest BCUT2D eigenvalue weighted by molar-refractivity contribution is 0.416. The maximum absolute atomic E-state index is 5.59. The Hall–Kier alpha value is -3.52. The summed E-state index contributed by atoms with van der Waals surface area (Å²) in [6.45, 7) is 0. The quantitative estimate of drug-likeness (QED) is 0.386. The average molecular weight is 365 g/mol. The van der Waals surface area contributed by atoms with E-state index in [0.29, 0.717) is 0 Å². The molecule has 0 heterocycles. The Bertz CT molecular complexity index is 1040. The first kappa shape index (κ1) is 17.9. The van der Waals surface area contributed by atoms with E-state index in [1.165, 1.54) is 11.1 Å². The minimum absolute atomic E-state index is 0.878. The van der Waals surface area contributed by atoms with Crippen molar-refractivity contribution in [2.75, 3.05) is 19.1 Å². The van der Waals surface area contributed by atoms with Crippen LogP contribution in [0.3, 0.4) is 0 Å². The van der Waals surface area contributed by atoms with Crippen LogP contribution in [0.25, 0.3) is 22.3 Å². The van der Waals surface area contributed by atoms with Gasteiger partial charge in [0.1, 0.15) is 5.75 Å². The fourth-order valence-corrected chi connectivity index (χ4v) is 3.41. The maximum Gasteiger partial charge on any atom is 0.126 e. The van der Waals surface area contributed by atoms with E-state index in [2.05, 4.69) is 84.7 Å². The Kier molecular flexibility index (Phi) is 5.11. The molecular weight excluding hydrogens is 342 g/mol. The van der Waals surface area contributed by atoms with Gasteiger partial charge in [-0.15, -0.1) is 0 Å². The van der Waals surface area contributed by atoms with Crippen molar-refractivity contribution < 1.29 is 4.74 Å². The van der Waals surface area contributed by atoms with Crippen LogP contribution in [0.1, 0.15) is 0 Å². The molecule has 4 aromatic carbocycles. The van der Waals surface area contributed by atoms with E-state index in [-0.39, 0.29) is 0 Å². The van der Waals surface area contributed by atoms with Crippen molar-refractivity contribution in [3.63, 3.8) is 0 Å². The van der Waals surface area contributed by atoms with E-state index in [4.69, 9.17) is 4.74 Å². The lowest BCUT2D eigenvalue weighted by Gasteiger charge is -2.22. The van der Waals surface area contributed by atoms with Gasteiger partial charge in [-0.05, 0) is 47.0 Å². The minimum atomic E-state index is 0.878. The lowest BCUT2D eigenvalue weighted by atomic mass is 10.0. The zero-order valence-electron chi connectivity index (χ0n) is 16.2. The van der Waals surface area contributed by atoms with Gasteiger partial charge in [0.15, 0.2) is 0 Å². The fourth-order valence-electron chi connectivity index (χ4n) is 3.41. The third-order valence-corrected chi connectivity index (χ3v) is 5.02. The molecule has 0 saturated heterocycles. The summed E-state index contributed by atoms with van der Waals surface area (Å²) in [6, 6.07) is 35.8. The molecule has 0 radical (unpaired) electrons. The third-order valence-electron chi connectivity index (χ3n) is 5.02. The number of ether oxygens (including phenoxy) is 1. The number of benzene rings is 4. The molecule has 28 heavy (non-hydrogen) atoms. The number of rotatable bonds is 5. The summed E-state index contributed by atoms with van der Waals surface area (Å²) in [6.07, 6.45) is 0. The molecule has 2 heteroatoms. The van der Waals surface area contributed by atoms with Crippen molar-refractivity contribution in [2.24, 2.45) is 0 Å². The highest BCUT2D eigenvalue weighted by Gasteiger charge is 2.11. The molecule has 0 N–H and O–H groups in total. The molecule has 0 bridgehead atoms. The summed E-state index contributed by atoms with van der Waals surface area (Å²) in [4.78, 5) is 2.20. The summed E-state index contributed by atoms with van der Waals surface area (Å²) in [5.74, 6) is 0.878. The first-order valence-corrected chi connectivity index (χ1v) is 9.39. The van der Waals surface area contributed by atoms with Crippen LogP contribution in [-0.2, 0) is 0 Å². The second-order valence-corrected chi connectivity index (χ2v) is 6.72. The zero-order valence-corrected chi connectivity index (χ0v) is 16.2. The van der Waals surface area contributed by atoms with Gasteiger partial charge in [-0.2, -0.15) is 0 Å². The van der Waals surface area contributed by atoms with Crippen molar-refractivity contribution >= 4 is 11.4 Å². The van der Waals surface area contributed by atoms with E-state index in [1.807, 2.05) is 30.3 Å². The van der Waals surface area contributed by atoms with Crippen LogP contribution in [0.5, 0.6) is 5.75 Å². The molecule has 0 aliphatic heterocycles. The SMILES string of the molecule is COc1ccc(N(C)c2ccc(-c3ccccc3)cc2)cc1-c1ccccc1. The molecule has 0 saturated carbocycles. The van der Waals surface area contributed by atoms with Gasteiger partial charge in [0, 0.05) is 24.0 Å². The number of hydrogen-bond donors (Lipinski definition) is 0. The Labute approximate surface area is 166 Å². The van der Waals surface area contributed by atoms with Gasteiger partial charge in [0.2, 0.25) is 0 Å². The Balaban J connectivity index is 1.65.